The minimum absolute atomic E-state index is 0.545. The van der Waals surface area contributed by atoms with Gasteiger partial charge in [0.05, 0.1) is 5.69 Å². The van der Waals surface area contributed by atoms with Crippen molar-refractivity contribution in [2.75, 3.05) is 0 Å². The highest BCUT2D eigenvalue weighted by atomic mass is 35.5. The van der Waals surface area contributed by atoms with Crippen molar-refractivity contribution in [3.05, 3.63) is 63.9 Å². The molecule has 0 saturated heterocycles. The first-order chi connectivity index (χ1) is 9.66. The maximum atomic E-state index is 6.20. The molecule has 2 aromatic carbocycles. The summed E-state index contributed by atoms with van der Waals surface area (Å²) in [4.78, 5) is 0. The molecule has 3 rings (SSSR count). The quantitative estimate of drug-likeness (QED) is 0.704. The Labute approximate surface area is 126 Å². The average Bonchev–Trinajstić information content (AvgIpc) is 2.85. The van der Waals surface area contributed by atoms with Crippen LogP contribution >= 0.6 is 23.8 Å². The van der Waals surface area contributed by atoms with Crippen molar-refractivity contribution in [1.29, 1.82) is 0 Å². The number of H-pyrrole nitrogens is 1. The molecule has 0 saturated carbocycles. The molecule has 0 amide bonds. The van der Waals surface area contributed by atoms with Gasteiger partial charge in [0.2, 0.25) is 0 Å². The molecule has 5 heteroatoms. The second-order valence-corrected chi connectivity index (χ2v) is 5.28. The van der Waals surface area contributed by atoms with E-state index in [1.807, 2.05) is 60.0 Å². The first kappa shape index (κ1) is 13.1. The number of aryl methyl sites for hydroxylation is 1. The lowest BCUT2D eigenvalue weighted by atomic mass is 10.2. The van der Waals surface area contributed by atoms with Crippen LogP contribution in [0.15, 0.2) is 48.5 Å². The van der Waals surface area contributed by atoms with Crippen LogP contribution < -0.4 is 0 Å². The summed E-state index contributed by atoms with van der Waals surface area (Å²) < 4.78 is 2.43. The summed E-state index contributed by atoms with van der Waals surface area (Å²) >= 11 is 11.5. The standard InChI is InChI=1S/C15H12ClN3S/c1-10-7-8-12(9-13(10)16)19-14(17-18-15(19)20)11-5-3-2-4-6-11/h2-9H,1H3,(H,18,20). The van der Waals surface area contributed by atoms with Gasteiger partial charge in [-0.25, -0.2) is 0 Å². The molecule has 0 spiro atoms. The minimum atomic E-state index is 0.545. The topological polar surface area (TPSA) is 33.6 Å². The van der Waals surface area contributed by atoms with E-state index in [-0.39, 0.29) is 0 Å². The van der Waals surface area contributed by atoms with E-state index in [1.54, 1.807) is 0 Å². The van der Waals surface area contributed by atoms with Gasteiger partial charge in [-0.1, -0.05) is 48.0 Å². The molecule has 1 aromatic heterocycles. The molecule has 0 unspecified atom stereocenters. The number of nitrogens with one attached hydrogen (secondary N) is 1. The Morgan fingerprint density at radius 2 is 1.90 bits per heavy atom. The van der Waals surface area contributed by atoms with Crippen molar-refractivity contribution in [2.24, 2.45) is 0 Å². The van der Waals surface area contributed by atoms with Crippen LogP contribution in [0.3, 0.4) is 0 Å². The molecule has 0 aliphatic heterocycles. The highest BCUT2D eigenvalue weighted by molar-refractivity contribution is 7.71. The normalized spacial score (nSPS) is 10.7. The number of hydrogen-bond donors (Lipinski definition) is 1. The van der Waals surface area contributed by atoms with Gasteiger partial charge < -0.3 is 0 Å². The lowest BCUT2D eigenvalue weighted by Gasteiger charge is -2.08. The Kier molecular flexibility index (Phi) is 3.42. The third kappa shape index (κ3) is 2.28. The van der Waals surface area contributed by atoms with Crippen LogP contribution in [0.2, 0.25) is 5.02 Å². The zero-order valence-electron chi connectivity index (χ0n) is 10.8. The number of rotatable bonds is 2. The van der Waals surface area contributed by atoms with Gasteiger partial charge in [-0.05, 0) is 36.8 Å². The van der Waals surface area contributed by atoms with Crippen molar-refractivity contribution < 1.29 is 0 Å². The van der Waals surface area contributed by atoms with E-state index in [0.29, 0.717) is 9.79 Å². The maximum Gasteiger partial charge on any atom is 0.200 e. The summed E-state index contributed by atoms with van der Waals surface area (Å²) in [5, 5.41) is 7.87. The van der Waals surface area contributed by atoms with Crippen molar-refractivity contribution in [3.63, 3.8) is 0 Å². The molecule has 1 heterocycles. The largest absolute Gasteiger partial charge is 0.268 e. The molecule has 100 valence electrons. The van der Waals surface area contributed by atoms with Crippen LogP contribution in [0.4, 0.5) is 0 Å². The predicted molar refractivity (Wildman–Crippen MR) is 83.9 cm³/mol. The summed E-state index contributed by atoms with van der Waals surface area (Å²) in [5.41, 5.74) is 2.93. The van der Waals surface area contributed by atoms with E-state index < -0.39 is 0 Å². The van der Waals surface area contributed by atoms with Gasteiger partial charge >= 0.3 is 0 Å². The number of aromatic nitrogens is 3. The summed E-state index contributed by atoms with van der Waals surface area (Å²) in [6, 6.07) is 15.8. The van der Waals surface area contributed by atoms with Gasteiger partial charge in [-0.15, -0.1) is 0 Å². The molecule has 0 radical (unpaired) electrons. The molecule has 20 heavy (non-hydrogen) atoms. The Balaban J connectivity index is 2.22. The zero-order valence-corrected chi connectivity index (χ0v) is 12.4. The Morgan fingerprint density at radius 3 is 2.60 bits per heavy atom. The first-order valence-corrected chi connectivity index (χ1v) is 6.95. The van der Waals surface area contributed by atoms with Gasteiger partial charge in [0.15, 0.2) is 10.6 Å². The highest BCUT2D eigenvalue weighted by Crippen LogP contribution is 2.24. The maximum absolute atomic E-state index is 6.20. The third-order valence-electron chi connectivity index (χ3n) is 3.12. The van der Waals surface area contributed by atoms with Crippen molar-refractivity contribution in [2.45, 2.75) is 6.92 Å². The highest BCUT2D eigenvalue weighted by Gasteiger charge is 2.11. The fourth-order valence-corrected chi connectivity index (χ4v) is 2.45. The molecular weight excluding hydrogens is 290 g/mol. The van der Waals surface area contributed by atoms with E-state index in [4.69, 9.17) is 23.8 Å². The number of aromatic amines is 1. The van der Waals surface area contributed by atoms with Crippen molar-refractivity contribution >= 4 is 23.8 Å². The summed E-state index contributed by atoms with van der Waals surface area (Å²) in [6.07, 6.45) is 0. The lowest BCUT2D eigenvalue weighted by molar-refractivity contribution is 1.03. The molecule has 0 aliphatic carbocycles. The molecule has 1 N–H and O–H groups in total. The van der Waals surface area contributed by atoms with Crippen LogP contribution in [0, 0.1) is 11.7 Å². The van der Waals surface area contributed by atoms with Crippen LogP contribution in [-0.4, -0.2) is 14.8 Å². The Hall–Kier alpha value is -1.91. The Morgan fingerprint density at radius 1 is 1.15 bits per heavy atom. The zero-order chi connectivity index (χ0) is 14.1. The average molecular weight is 302 g/mol. The van der Waals surface area contributed by atoms with Crippen LogP contribution in [-0.2, 0) is 0 Å². The number of nitrogens with zero attached hydrogens (tertiary/aromatic N) is 2. The summed E-state index contributed by atoms with van der Waals surface area (Å²) in [7, 11) is 0. The SMILES string of the molecule is Cc1ccc(-n2c(-c3ccccc3)n[nH]c2=S)cc1Cl. The Bertz CT molecular complexity index is 805. The van der Waals surface area contributed by atoms with E-state index in [9.17, 15) is 0 Å². The van der Waals surface area contributed by atoms with E-state index in [0.717, 1.165) is 22.6 Å². The molecule has 0 fully saturated rings. The van der Waals surface area contributed by atoms with E-state index in [2.05, 4.69) is 10.2 Å². The van der Waals surface area contributed by atoms with Crippen LogP contribution in [0.1, 0.15) is 5.56 Å². The second-order valence-electron chi connectivity index (χ2n) is 4.49. The first-order valence-electron chi connectivity index (χ1n) is 6.16. The van der Waals surface area contributed by atoms with Crippen LogP contribution in [0.5, 0.6) is 0 Å². The number of halogens is 1. The molecule has 0 bridgehead atoms. The van der Waals surface area contributed by atoms with Gasteiger partial charge in [0.25, 0.3) is 0 Å². The van der Waals surface area contributed by atoms with Gasteiger partial charge in [0, 0.05) is 10.6 Å². The monoisotopic (exact) mass is 301 g/mol. The minimum Gasteiger partial charge on any atom is -0.268 e. The van der Waals surface area contributed by atoms with Crippen molar-refractivity contribution in [1.82, 2.24) is 14.8 Å². The molecule has 0 aliphatic rings. The lowest BCUT2D eigenvalue weighted by Crippen LogP contribution is -1.98. The fourth-order valence-electron chi connectivity index (χ4n) is 2.04. The molecule has 3 aromatic rings. The molecule has 0 atom stereocenters. The van der Waals surface area contributed by atoms with E-state index in [1.165, 1.54) is 0 Å². The van der Waals surface area contributed by atoms with Gasteiger partial charge in [-0.2, -0.15) is 5.10 Å². The van der Waals surface area contributed by atoms with E-state index >= 15 is 0 Å². The third-order valence-corrected chi connectivity index (χ3v) is 3.80. The fraction of sp³-hybridized carbons (Fsp3) is 0.0667. The van der Waals surface area contributed by atoms with Crippen LogP contribution in [0.25, 0.3) is 17.1 Å². The smallest absolute Gasteiger partial charge is 0.200 e. The van der Waals surface area contributed by atoms with Gasteiger partial charge in [0.1, 0.15) is 0 Å². The van der Waals surface area contributed by atoms with Crippen molar-refractivity contribution in [3.8, 4) is 17.1 Å². The molecular formula is C15H12ClN3S. The van der Waals surface area contributed by atoms with Gasteiger partial charge in [-0.3, -0.25) is 9.67 Å². The summed E-state index contributed by atoms with van der Waals surface area (Å²) in [6.45, 7) is 1.97. The predicted octanol–water partition coefficient (Wildman–Crippen LogP) is 4.56. The molecule has 3 nitrogen and oxygen atoms in total. The second kappa shape index (κ2) is 5.23. The number of hydrogen-bond acceptors (Lipinski definition) is 2. The summed E-state index contributed by atoms with van der Waals surface area (Å²) in [5.74, 6) is 0.774. The number of benzene rings is 2.